The molecule has 0 spiro atoms. The molecule has 0 bridgehead atoms. The number of rotatable bonds is 3. The van der Waals surface area contributed by atoms with Crippen molar-refractivity contribution in [2.45, 2.75) is 0 Å². The molecular formula is C7H4N4O4. The third-order valence-corrected chi connectivity index (χ3v) is 1.54. The molecule has 0 amide bonds. The van der Waals surface area contributed by atoms with Crippen molar-refractivity contribution in [3.8, 4) is 0 Å². The summed E-state index contributed by atoms with van der Waals surface area (Å²) in [6, 6.07) is 4.58. The number of nitro benzene ring substituents is 2. The number of hydrogen-bond donors (Lipinski definition) is 1. The molecule has 8 heteroatoms. The standard InChI is InChI=1S/C7H4N4O4/c8-4-9-6-2-1-5(10(12)13)3-7(6)11(14)15/h1-3,8H. The van der Waals surface area contributed by atoms with Gasteiger partial charge in [0.25, 0.3) is 5.69 Å². The van der Waals surface area contributed by atoms with Gasteiger partial charge in [-0.25, -0.2) is 5.41 Å². The third-order valence-electron chi connectivity index (χ3n) is 1.54. The lowest BCUT2D eigenvalue weighted by atomic mass is 10.2. The fraction of sp³-hybridized carbons (Fsp3) is 0. The monoisotopic (exact) mass is 208 g/mol. The number of non-ortho nitro benzene ring substituents is 1. The Morgan fingerprint density at radius 3 is 2.40 bits per heavy atom. The van der Waals surface area contributed by atoms with Crippen LogP contribution in [0.5, 0.6) is 0 Å². The summed E-state index contributed by atoms with van der Waals surface area (Å²) in [6.07, 6.45) is 0. The summed E-state index contributed by atoms with van der Waals surface area (Å²) in [5, 5.41) is 27.4. The quantitative estimate of drug-likeness (QED) is 0.462. The molecule has 1 aromatic rings. The lowest BCUT2D eigenvalue weighted by Crippen LogP contribution is -1.92. The molecule has 0 aliphatic heterocycles. The summed E-state index contributed by atoms with van der Waals surface area (Å²) in [7, 11) is 0. The van der Waals surface area contributed by atoms with Gasteiger partial charge in [-0.3, -0.25) is 20.2 Å². The van der Waals surface area contributed by atoms with E-state index >= 15 is 0 Å². The summed E-state index contributed by atoms with van der Waals surface area (Å²) in [5.41, 5.74) is -1.06. The van der Waals surface area contributed by atoms with E-state index in [9.17, 15) is 20.2 Å². The Balaban J connectivity index is 3.39. The van der Waals surface area contributed by atoms with E-state index in [1.54, 1.807) is 6.01 Å². The van der Waals surface area contributed by atoms with Crippen LogP contribution in [0.25, 0.3) is 0 Å². The third kappa shape index (κ3) is 2.20. The lowest BCUT2D eigenvalue weighted by Gasteiger charge is -1.95. The second kappa shape index (κ2) is 4.07. The Hall–Kier alpha value is -2.60. The first-order chi connectivity index (χ1) is 7.06. The Bertz CT molecular complexity index is 478. The number of nitrogens with zero attached hydrogens (tertiary/aromatic N) is 3. The number of aliphatic imine (C=N–C) groups is 1. The van der Waals surface area contributed by atoms with E-state index in [0.29, 0.717) is 0 Å². The van der Waals surface area contributed by atoms with Crippen molar-refractivity contribution in [2.75, 3.05) is 0 Å². The molecule has 76 valence electrons. The van der Waals surface area contributed by atoms with Crippen LogP contribution in [-0.4, -0.2) is 15.9 Å². The van der Waals surface area contributed by atoms with Crippen LogP contribution in [-0.2, 0) is 0 Å². The van der Waals surface area contributed by atoms with Crippen LogP contribution in [0.1, 0.15) is 0 Å². The average molecular weight is 208 g/mol. The van der Waals surface area contributed by atoms with Gasteiger partial charge in [0.05, 0.1) is 21.9 Å². The summed E-state index contributed by atoms with van der Waals surface area (Å²) in [4.78, 5) is 22.6. The number of benzene rings is 1. The van der Waals surface area contributed by atoms with E-state index in [1.165, 1.54) is 0 Å². The first-order valence-corrected chi connectivity index (χ1v) is 3.61. The fourth-order valence-electron chi connectivity index (χ4n) is 0.926. The van der Waals surface area contributed by atoms with Gasteiger partial charge in [0, 0.05) is 6.07 Å². The van der Waals surface area contributed by atoms with Crippen molar-refractivity contribution < 1.29 is 9.85 Å². The normalized spacial score (nSPS) is 9.07. The SMILES string of the molecule is N=C=Nc1ccc([N+](=O)[O-])cc1[N+](=O)[O-]. The highest BCUT2D eigenvalue weighted by Crippen LogP contribution is 2.30. The summed E-state index contributed by atoms with van der Waals surface area (Å²) in [5.74, 6) is 0. The maximum Gasteiger partial charge on any atom is 0.302 e. The second-order valence-electron chi connectivity index (χ2n) is 2.41. The second-order valence-corrected chi connectivity index (χ2v) is 2.41. The molecule has 0 aliphatic rings. The topological polar surface area (TPSA) is 122 Å². The Morgan fingerprint density at radius 1 is 1.27 bits per heavy atom. The molecule has 0 saturated heterocycles. The summed E-state index contributed by atoms with van der Waals surface area (Å²) >= 11 is 0. The zero-order chi connectivity index (χ0) is 11.4. The smallest absolute Gasteiger partial charge is 0.258 e. The van der Waals surface area contributed by atoms with Crippen molar-refractivity contribution >= 4 is 23.1 Å². The lowest BCUT2D eigenvalue weighted by molar-refractivity contribution is -0.393. The van der Waals surface area contributed by atoms with Gasteiger partial charge in [-0.1, -0.05) is 0 Å². The number of nitro groups is 2. The molecule has 1 aromatic carbocycles. The van der Waals surface area contributed by atoms with Gasteiger partial charge in [0.15, 0.2) is 5.69 Å². The van der Waals surface area contributed by atoms with Gasteiger partial charge in [0.1, 0.15) is 0 Å². The van der Waals surface area contributed by atoms with E-state index in [1.807, 2.05) is 0 Å². The molecule has 0 fully saturated rings. The van der Waals surface area contributed by atoms with E-state index in [4.69, 9.17) is 5.41 Å². The van der Waals surface area contributed by atoms with Crippen molar-refractivity contribution in [3.63, 3.8) is 0 Å². The molecule has 0 aliphatic carbocycles. The zero-order valence-corrected chi connectivity index (χ0v) is 7.21. The van der Waals surface area contributed by atoms with Gasteiger partial charge < -0.3 is 0 Å². The molecule has 0 heterocycles. The minimum Gasteiger partial charge on any atom is -0.258 e. The van der Waals surface area contributed by atoms with Crippen LogP contribution in [0.4, 0.5) is 17.1 Å². The number of nitrogens with one attached hydrogen (secondary N) is 1. The summed E-state index contributed by atoms with van der Waals surface area (Å²) in [6.45, 7) is 0. The van der Waals surface area contributed by atoms with E-state index in [2.05, 4.69) is 4.99 Å². The van der Waals surface area contributed by atoms with Crippen molar-refractivity contribution in [1.82, 2.24) is 0 Å². The van der Waals surface area contributed by atoms with E-state index in [0.717, 1.165) is 18.2 Å². The minimum absolute atomic E-state index is 0.138. The molecule has 0 radical (unpaired) electrons. The molecule has 1 N–H and O–H groups in total. The van der Waals surface area contributed by atoms with E-state index < -0.39 is 21.2 Å². The van der Waals surface area contributed by atoms with Gasteiger partial charge in [-0.15, -0.1) is 0 Å². The predicted octanol–water partition coefficient (Wildman–Crippen LogP) is 1.89. The fourth-order valence-corrected chi connectivity index (χ4v) is 0.926. The average Bonchev–Trinajstić information content (AvgIpc) is 2.18. The molecule has 0 aromatic heterocycles. The Kier molecular flexibility index (Phi) is 2.85. The van der Waals surface area contributed by atoms with Gasteiger partial charge in [-0.05, 0) is 6.07 Å². The molecular weight excluding hydrogens is 204 g/mol. The maximum atomic E-state index is 10.5. The van der Waals surface area contributed by atoms with Crippen molar-refractivity contribution in [1.29, 1.82) is 5.41 Å². The highest BCUT2D eigenvalue weighted by atomic mass is 16.6. The van der Waals surface area contributed by atoms with Crippen LogP contribution in [0, 0.1) is 25.6 Å². The number of hydrogen-bond acceptors (Lipinski definition) is 6. The van der Waals surface area contributed by atoms with Crippen LogP contribution < -0.4 is 0 Å². The minimum atomic E-state index is -0.802. The molecule has 0 saturated carbocycles. The highest BCUT2D eigenvalue weighted by Gasteiger charge is 2.18. The first-order valence-electron chi connectivity index (χ1n) is 3.61. The van der Waals surface area contributed by atoms with E-state index in [-0.39, 0.29) is 5.69 Å². The molecule has 15 heavy (non-hydrogen) atoms. The Morgan fingerprint density at radius 2 is 1.93 bits per heavy atom. The van der Waals surface area contributed by atoms with Gasteiger partial charge >= 0.3 is 5.69 Å². The molecule has 8 nitrogen and oxygen atoms in total. The van der Waals surface area contributed by atoms with Gasteiger partial charge in [-0.2, -0.15) is 4.99 Å². The molecule has 0 unspecified atom stereocenters. The zero-order valence-electron chi connectivity index (χ0n) is 7.21. The van der Waals surface area contributed by atoms with Crippen molar-refractivity contribution in [3.05, 3.63) is 38.4 Å². The van der Waals surface area contributed by atoms with Crippen LogP contribution in [0.2, 0.25) is 0 Å². The Labute approximate surface area is 82.7 Å². The first kappa shape index (κ1) is 10.5. The predicted molar refractivity (Wildman–Crippen MR) is 49.6 cm³/mol. The largest absolute Gasteiger partial charge is 0.302 e. The van der Waals surface area contributed by atoms with Crippen LogP contribution in [0.3, 0.4) is 0 Å². The maximum absolute atomic E-state index is 10.5. The summed E-state index contributed by atoms with van der Waals surface area (Å²) < 4.78 is 0. The molecule has 0 atom stereocenters. The van der Waals surface area contributed by atoms with Crippen LogP contribution in [0.15, 0.2) is 23.2 Å². The molecule has 1 rings (SSSR count). The van der Waals surface area contributed by atoms with Crippen LogP contribution >= 0.6 is 0 Å². The van der Waals surface area contributed by atoms with Crippen molar-refractivity contribution in [2.24, 2.45) is 4.99 Å². The van der Waals surface area contributed by atoms with Gasteiger partial charge in [0.2, 0.25) is 0 Å². The highest BCUT2D eigenvalue weighted by molar-refractivity contribution is 5.65.